The molecule has 3 nitrogen and oxygen atoms in total. The third-order valence-corrected chi connectivity index (χ3v) is 5.19. The molecule has 0 aliphatic heterocycles. The van der Waals surface area contributed by atoms with Gasteiger partial charge in [0.2, 0.25) is 5.91 Å². The van der Waals surface area contributed by atoms with Crippen molar-refractivity contribution in [3.63, 3.8) is 0 Å². The zero-order valence-corrected chi connectivity index (χ0v) is 14.2. The standard InChI is InChI=1S/C19H24N2OS/c22-19(14-18-8-5-13-23-18)21-17-11-9-16(10-12-17)20-15-6-3-1-2-4-7-15/h5,8-13,15,20H,1-4,6-7,14H2,(H,21,22). The molecular weight excluding hydrogens is 304 g/mol. The monoisotopic (exact) mass is 328 g/mol. The van der Waals surface area contributed by atoms with Gasteiger partial charge in [0, 0.05) is 22.3 Å². The van der Waals surface area contributed by atoms with Gasteiger partial charge in [-0.15, -0.1) is 11.3 Å². The summed E-state index contributed by atoms with van der Waals surface area (Å²) in [6.45, 7) is 0. The average molecular weight is 328 g/mol. The molecular formula is C19H24N2OS. The lowest BCUT2D eigenvalue weighted by Crippen LogP contribution is -2.18. The van der Waals surface area contributed by atoms with Crippen molar-refractivity contribution in [1.29, 1.82) is 0 Å². The third-order valence-electron chi connectivity index (χ3n) is 4.31. The molecule has 0 atom stereocenters. The van der Waals surface area contributed by atoms with Crippen molar-refractivity contribution in [2.75, 3.05) is 10.6 Å². The van der Waals surface area contributed by atoms with E-state index in [-0.39, 0.29) is 5.91 Å². The smallest absolute Gasteiger partial charge is 0.229 e. The van der Waals surface area contributed by atoms with Gasteiger partial charge < -0.3 is 10.6 Å². The van der Waals surface area contributed by atoms with Crippen LogP contribution in [0.25, 0.3) is 0 Å². The summed E-state index contributed by atoms with van der Waals surface area (Å²) in [5.74, 6) is 0.0388. The van der Waals surface area contributed by atoms with Crippen molar-refractivity contribution in [3.05, 3.63) is 46.7 Å². The fraction of sp³-hybridized carbons (Fsp3) is 0.421. The fourth-order valence-electron chi connectivity index (χ4n) is 3.09. The van der Waals surface area contributed by atoms with E-state index in [4.69, 9.17) is 0 Å². The molecule has 1 saturated carbocycles. The Kier molecular flexibility index (Phi) is 5.70. The predicted octanol–water partition coefficient (Wildman–Crippen LogP) is 5.06. The largest absolute Gasteiger partial charge is 0.382 e. The summed E-state index contributed by atoms with van der Waals surface area (Å²) in [7, 11) is 0. The van der Waals surface area contributed by atoms with Crippen LogP contribution in [0.1, 0.15) is 43.4 Å². The Morgan fingerprint density at radius 2 is 1.70 bits per heavy atom. The van der Waals surface area contributed by atoms with Gasteiger partial charge in [-0.05, 0) is 48.6 Å². The van der Waals surface area contributed by atoms with E-state index >= 15 is 0 Å². The van der Waals surface area contributed by atoms with E-state index in [0.29, 0.717) is 12.5 Å². The third kappa shape index (κ3) is 5.10. The zero-order chi connectivity index (χ0) is 15.9. The van der Waals surface area contributed by atoms with Gasteiger partial charge >= 0.3 is 0 Å². The number of hydrogen-bond donors (Lipinski definition) is 2. The molecule has 4 heteroatoms. The zero-order valence-electron chi connectivity index (χ0n) is 13.4. The Balaban J connectivity index is 1.51. The van der Waals surface area contributed by atoms with Crippen molar-refractivity contribution in [1.82, 2.24) is 0 Å². The van der Waals surface area contributed by atoms with Gasteiger partial charge in [-0.3, -0.25) is 4.79 Å². The Labute approximate surface area is 142 Å². The molecule has 23 heavy (non-hydrogen) atoms. The number of carbonyl (C=O) groups excluding carboxylic acids is 1. The Hall–Kier alpha value is -1.81. The highest BCUT2D eigenvalue weighted by molar-refractivity contribution is 7.10. The number of rotatable bonds is 5. The Morgan fingerprint density at radius 3 is 2.35 bits per heavy atom. The minimum Gasteiger partial charge on any atom is -0.382 e. The molecule has 1 aliphatic carbocycles. The molecule has 1 heterocycles. The van der Waals surface area contributed by atoms with Gasteiger partial charge in [-0.1, -0.05) is 31.7 Å². The molecule has 0 saturated heterocycles. The number of thiophene rings is 1. The van der Waals surface area contributed by atoms with Crippen LogP contribution in [-0.2, 0) is 11.2 Å². The predicted molar refractivity (Wildman–Crippen MR) is 98.2 cm³/mol. The number of hydrogen-bond acceptors (Lipinski definition) is 3. The summed E-state index contributed by atoms with van der Waals surface area (Å²) in [5, 5.41) is 8.58. The normalized spacial score (nSPS) is 15.8. The van der Waals surface area contributed by atoms with Crippen molar-refractivity contribution in [2.24, 2.45) is 0 Å². The minimum absolute atomic E-state index is 0.0388. The number of benzene rings is 1. The van der Waals surface area contributed by atoms with Crippen LogP contribution >= 0.6 is 11.3 Å². The molecule has 122 valence electrons. The van der Waals surface area contributed by atoms with E-state index < -0.39 is 0 Å². The summed E-state index contributed by atoms with van der Waals surface area (Å²) in [6.07, 6.45) is 8.36. The van der Waals surface area contributed by atoms with Crippen molar-refractivity contribution < 1.29 is 4.79 Å². The number of amides is 1. The van der Waals surface area contributed by atoms with Gasteiger partial charge in [-0.2, -0.15) is 0 Å². The molecule has 0 unspecified atom stereocenters. The molecule has 1 aromatic heterocycles. The van der Waals surface area contributed by atoms with Crippen molar-refractivity contribution in [3.8, 4) is 0 Å². The van der Waals surface area contributed by atoms with Crippen LogP contribution in [-0.4, -0.2) is 11.9 Å². The maximum Gasteiger partial charge on any atom is 0.229 e. The summed E-state index contributed by atoms with van der Waals surface area (Å²) in [4.78, 5) is 13.1. The van der Waals surface area contributed by atoms with E-state index in [1.54, 1.807) is 11.3 Å². The topological polar surface area (TPSA) is 41.1 Å². The summed E-state index contributed by atoms with van der Waals surface area (Å²) in [6, 6.07) is 12.6. The molecule has 3 rings (SSSR count). The summed E-state index contributed by atoms with van der Waals surface area (Å²) < 4.78 is 0. The molecule has 0 spiro atoms. The Bertz CT molecular complexity index is 599. The second kappa shape index (κ2) is 8.16. The van der Waals surface area contributed by atoms with E-state index in [0.717, 1.165) is 16.3 Å². The van der Waals surface area contributed by atoms with Crippen molar-refractivity contribution in [2.45, 2.75) is 51.0 Å². The van der Waals surface area contributed by atoms with E-state index in [1.807, 2.05) is 29.6 Å². The van der Waals surface area contributed by atoms with E-state index in [2.05, 4.69) is 22.8 Å². The number of nitrogens with one attached hydrogen (secondary N) is 2. The molecule has 0 radical (unpaired) electrons. The highest BCUT2D eigenvalue weighted by atomic mass is 32.1. The first-order valence-corrected chi connectivity index (χ1v) is 9.36. The maximum absolute atomic E-state index is 12.0. The minimum atomic E-state index is 0.0388. The molecule has 0 bridgehead atoms. The van der Waals surface area contributed by atoms with Gasteiger partial charge in [0.25, 0.3) is 0 Å². The van der Waals surface area contributed by atoms with E-state index in [9.17, 15) is 4.79 Å². The Morgan fingerprint density at radius 1 is 1.00 bits per heavy atom. The lowest BCUT2D eigenvalue weighted by Gasteiger charge is -2.18. The van der Waals surface area contributed by atoms with Crippen LogP contribution in [0.3, 0.4) is 0 Å². The van der Waals surface area contributed by atoms with E-state index in [1.165, 1.54) is 38.5 Å². The van der Waals surface area contributed by atoms with Gasteiger partial charge in [0.1, 0.15) is 0 Å². The van der Waals surface area contributed by atoms with Crippen LogP contribution in [0.4, 0.5) is 11.4 Å². The van der Waals surface area contributed by atoms with Gasteiger partial charge in [0.15, 0.2) is 0 Å². The number of anilines is 2. The molecule has 1 amide bonds. The summed E-state index contributed by atoms with van der Waals surface area (Å²) in [5.41, 5.74) is 2.01. The summed E-state index contributed by atoms with van der Waals surface area (Å²) >= 11 is 1.61. The van der Waals surface area contributed by atoms with Crippen LogP contribution in [0.2, 0.25) is 0 Å². The molecule has 1 fully saturated rings. The van der Waals surface area contributed by atoms with Crippen LogP contribution in [0.5, 0.6) is 0 Å². The average Bonchev–Trinajstić information content (AvgIpc) is 2.91. The van der Waals surface area contributed by atoms with Crippen molar-refractivity contribution >= 4 is 28.6 Å². The lowest BCUT2D eigenvalue weighted by atomic mass is 10.1. The van der Waals surface area contributed by atoms with Crippen LogP contribution in [0, 0.1) is 0 Å². The second-order valence-corrected chi connectivity index (χ2v) is 7.25. The number of carbonyl (C=O) groups is 1. The highest BCUT2D eigenvalue weighted by Gasteiger charge is 2.11. The molecule has 1 aromatic carbocycles. The first-order chi connectivity index (χ1) is 11.3. The van der Waals surface area contributed by atoms with Crippen LogP contribution < -0.4 is 10.6 Å². The van der Waals surface area contributed by atoms with Crippen LogP contribution in [0.15, 0.2) is 41.8 Å². The maximum atomic E-state index is 12.0. The molecule has 2 N–H and O–H groups in total. The second-order valence-electron chi connectivity index (χ2n) is 6.21. The highest BCUT2D eigenvalue weighted by Crippen LogP contribution is 2.22. The molecule has 2 aromatic rings. The SMILES string of the molecule is O=C(Cc1cccs1)Nc1ccc(NC2CCCCCC2)cc1. The van der Waals surface area contributed by atoms with Gasteiger partial charge in [0.05, 0.1) is 6.42 Å². The molecule has 1 aliphatic rings. The van der Waals surface area contributed by atoms with Gasteiger partial charge in [-0.25, -0.2) is 0 Å². The fourth-order valence-corrected chi connectivity index (χ4v) is 3.79. The first kappa shape index (κ1) is 16.1. The lowest BCUT2D eigenvalue weighted by molar-refractivity contribution is -0.115. The quantitative estimate of drug-likeness (QED) is 0.753. The first-order valence-electron chi connectivity index (χ1n) is 8.48.